The minimum Gasteiger partial charge on any atom is -0.466 e. The van der Waals surface area contributed by atoms with Gasteiger partial charge in [0.25, 0.3) is 5.91 Å². The van der Waals surface area contributed by atoms with Crippen molar-refractivity contribution in [2.75, 3.05) is 26.4 Å². The first-order valence-electron chi connectivity index (χ1n) is 10.5. The van der Waals surface area contributed by atoms with Gasteiger partial charge in [0.05, 0.1) is 19.2 Å². The van der Waals surface area contributed by atoms with E-state index in [0.29, 0.717) is 39.0 Å². The largest absolute Gasteiger partial charge is 0.466 e. The molecule has 0 radical (unpaired) electrons. The fourth-order valence-corrected chi connectivity index (χ4v) is 4.31. The third-order valence-electron chi connectivity index (χ3n) is 5.71. The van der Waals surface area contributed by atoms with Crippen LogP contribution in [0, 0.1) is 11.8 Å². The third kappa shape index (κ3) is 4.45. The highest BCUT2D eigenvalue weighted by atomic mass is 16.5. The van der Waals surface area contributed by atoms with Gasteiger partial charge in [-0.25, -0.2) is 9.69 Å². The summed E-state index contributed by atoms with van der Waals surface area (Å²) >= 11 is 0. The molecule has 2 fully saturated rings. The summed E-state index contributed by atoms with van der Waals surface area (Å²) in [5.41, 5.74) is -0.203. The van der Waals surface area contributed by atoms with Crippen molar-refractivity contribution in [3.63, 3.8) is 0 Å². The summed E-state index contributed by atoms with van der Waals surface area (Å²) in [6.45, 7) is 7.85. The molecule has 0 aromatic heterocycles. The molecule has 7 heteroatoms. The molecule has 1 aromatic rings. The molecule has 1 N–H and O–H groups in total. The Balaban J connectivity index is 1.71. The van der Waals surface area contributed by atoms with E-state index in [2.05, 4.69) is 10.2 Å². The highest BCUT2D eigenvalue weighted by molar-refractivity contribution is 6.07. The van der Waals surface area contributed by atoms with Crippen molar-refractivity contribution < 1.29 is 19.1 Å². The molecule has 0 spiro atoms. The second kappa shape index (κ2) is 8.95. The summed E-state index contributed by atoms with van der Waals surface area (Å²) in [7, 11) is 0. The van der Waals surface area contributed by atoms with Crippen molar-refractivity contribution in [2.45, 2.75) is 45.6 Å². The summed E-state index contributed by atoms with van der Waals surface area (Å²) < 4.78 is 5.11. The summed E-state index contributed by atoms with van der Waals surface area (Å²) in [5, 5.41) is 2.98. The number of carbonyl (C=O) groups is 3. The first-order chi connectivity index (χ1) is 13.9. The van der Waals surface area contributed by atoms with E-state index in [9.17, 15) is 14.4 Å². The lowest BCUT2D eigenvalue weighted by Gasteiger charge is -2.33. The minimum atomic E-state index is -1.02. The molecule has 2 heterocycles. The first kappa shape index (κ1) is 21.3. The standard InChI is InChI=1S/C22H31N3O4/c1-4-29-19(26)17-10-12-24(13-11-17)15-25-20(27)22(14-16(2)3,23-21(25)28)18-8-6-5-7-9-18/h5-9,16-17H,4,10-15H2,1-3H3,(H,23,28)/t22-/m1/s1. The number of likely N-dealkylation sites (tertiary alicyclic amines) is 1. The van der Waals surface area contributed by atoms with Gasteiger partial charge in [0, 0.05) is 13.1 Å². The second-order valence-corrected chi connectivity index (χ2v) is 8.32. The van der Waals surface area contributed by atoms with E-state index in [-0.39, 0.29) is 36.4 Å². The molecule has 1 aromatic carbocycles. The average Bonchev–Trinajstić information content (AvgIpc) is 2.94. The van der Waals surface area contributed by atoms with Crippen molar-refractivity contribution >= 4 is 17.9 Å². The molecule has 0 aliphatic carbocycles. The Kier molecular flexibility index (Phi) is 6.57. The van der Waals surface area contributed by atoms with Crippen molar-refractivity contribution in [1.82, 2.24) is 15.1 Å². The zero-order valence-corrected chi connectivity index (χ0v) is 17.5. The van der Waals surface area contributed by atoms with Gasteiger partial charge in [-0.1, -0.05) is 44.2 Å². The van der Waals surface area contributed by atoms with Crippen LogP contribution in [-0.2, 0) is 19.9 Å². The summed E-state index contributed by atoms with van der Waals surface area (Å²) in [6, 6.07) is 9.12. The van der Waals surface area contributed by atoms with Crippen LogP contribution in [0.1, 0.15) is 45.6 Å². The van der Waals surface area contributed by atoms with Crippen LogP contribution in [0.5, 0.6) is 0 Å². The predicted octanol–water partition coefficient (Wildman–Crippen LogP) is 2.71. The molecule has 2 saturated heterocycles. The van der Waals surface area contributed by atoms with Crippen LogP contribution in [0.3, 0.4) is 0 Å². The number of rotatable bonds is 7. The van der Waals surface area contributed by atoms with Crippen LogP contribution in [0.4, 0.5) is 4.79 Å². The molecular weight excluding hydrogens is 370 g/mol. The lowest BCUT2D eigenvalue weighted by Crippen LogP contribution is -2.48. The molecule has 2 aliphatic heterocycles. The normalized spacial score (nSPS) is 23.5. The van der Waals surface area contributed by atoms with Crippen molar-refractivity contribution in [1.29, 1.82) is 0 Å². The van der Waals surface area contributed by atoms with Gasteiger partial charge >= 0.3 is 12.0 Å². The van der Waals surface area contributed by atoms with Crippen LogP contribution in [-0.4, -0.2) is 54.1 Å². The zero-order valence-electron chi connectivity index (χ0n) is 17.5. The Hall–Kier alpha value is -2.41. The van der Waals surface area contributed by atoms with Crippen LogP contribution < -0.4 is 5.32 Å². The Morgan fingerprint density at radius 1 is 1.21 bits per heavy atom. The van der Waals surface area contributed by atoms with E-state index in [1.165, 1.54) is 4.90 Å². The topological polar surface area (TPSA) is 79.0 Å². The van der Waals surface area contributed by atoms with Gasteiger partial charge in [0.1, 0.15) is 5.54 Å². The van der Waals surface area contributed by atoms with E-state index < -0.39 is 5.54 Å². The van der Waals surface area contributed by atoms with Gasteiger partial charge in [0.15, 0.2) is 0 Å². The number of nitrogens with one attached hydrogen (secondary N) is 1. The Morgan fingerprint density at radius 3 is 2.45 bits per heavy atom. The molecule has 29 heavy (non-hydrogen) atoms. The van der Waals surface area contributed by atoms with Crippen LogP contribution in [0.15, 0.2) is 30.3 Å². The number of esters is 1. The maximum atomic E-state index is 13.4. The van der Waals surface area contributed by atoms with E-state index in [0.717, 1.165) is 5.56 Å². The molecule has 2 aliphatic rings. The van der Waals surface area contributed by atoms with Crippen LogP contribution >= 0.6 is 0 Å². The van der Waals surface area contributed by atoms with Gasteiger partial charge in [-0.2, -0.15) is 0 Å². The van der Waals surface area contributed by atoms with Crippen LogP contribution in [0.25, 0.3) is 0 Å². The van der Waals surface area contributed by atoms with Crippen molar-refractivity contribution in [2.24, 2.45) is 11.8 Å². The third-order valence-corrected chi connectivity index (χ3v) is 5.71. The SMILES string of the molecule is CCOC(=O)C1CCN(CN2C(=O)N[C@](CC(C)C)(c3ccccc3)C2=O)CC1. The number of imide groups is 1. The monoisotopic (exact) mass is 401 g/mol. The molecule has 0 saturated carbocycles. The van der Waals surface area contributed by atoms with Crippen molar-refractivity contribution in [3.8, 4) is 0 Å². The number of carbonyl (C=O) groups excluding carboxylic acids is 3. The summed E-state index contributed by atoms with van der Waals surface area (Å²) in [4.78, 5) is 41.5. The molecule has 0 unspecified atom stereocenters. The quantitative estimate of drug-likeness (QED) is 0.561. The number of urea groups is 1. The van der Waals surface area contributed by atoms with Gasteiger partial charge in [0.2, 0.25) is 0 Å². The van der Waals surface area contributed by atoms with E-state index in [1.54, 1.807) is 6.92 Å². The highest BCUT2D eigenvalue weighted by Gasteiger charge is 2.52. The number of benzene rings is 1. The Morgan fingerprint density at radius 2 is 1.86 bits per heavy atom. The average molecular weight is 402 g/mol. The number of ether oxygens (including phenoxy) is 1. The van der Waals surface area contributed by atoms with E-state index in [4.69, 9.17) is 4.74 Å². The second-order valence-electron chi connectivity index (χ2n) is 8.32. The fourth-order valence-electron chi connectivity index (χ4n) is 4.31. The first-order valence-corrected chi connectivity index (χ1v) is 10.5. The number of nitrogens with zero attached hydrogens (tertiary/aromatic N) is 2. The van der Waals surface area contributed by atoms with Gasteiger partial charge in [-0.3, -0.25) is 14.5 Å². The van der Waals surface area contributed by atoms with E-state index >= 15 is 0 Å². The highest BCUT2D eigenvalue weighted by Crippen LogP contribution is 2.35. The molecule has 158 valence electrons. The molecule has 0 bridgehead atoms. The minimum absolute atomic E-state index is 0.0985. The molecule has 3 amide bonds. The maximum Gasteiger partial charge on any atom is 0.326 e. The Labute approximate surface area is 172 Å². The van der Waals surface area contributed by atoms with Gasteiger partial charge in [-0.15, -0.1) is 0 Å². The maximum absolute atomic E-state index is 13.4. The molecule has 1 atom stereocenters. The number of hydrogen-bond acceptors (Lipinski definition) is 5. The zero-order chi connectivity index (χ0) is 21.0. The lowest BCUT2D eigenvalue weighted by molar-refractivity contribution is -0.150. The predicted molar refractivity (Wildman–Crippen MR) is 109 cm³/mol. The molecular formula is C22H31N3O4. The fraction of sp³-hybridized carbons (Fsp3) is 0.591. The van der Waals surface area contributed by atoms with E-state index in [1.807, 2.05) is 44.2 Å². The summed E-state index contributed by atoms with van der Waals surface area (Å²) in [6.07, 6.45) is 1.90. The lowest BCUT2D eigenvalue weighted by atomic mass is 9.82. The van der Waals surface area contributed by atoms with Crippen molar-refractivity contribution in [3.05, 3.63) is 35.9 Å². The number of piperidine rings is 1. The number of amides is 3. The van der Waals surface area contributed by atoms with Gasteiger partial charge < -0.3 is 10.1 Å². The summed E-state index contributed by atoms with van der Waals surface area (Å²) in [5.74, 6) is -0.213. The van der Waals surface area contributed by atoms with Crippen LogP contribution in [0.2, 0.25) is 0 Å². The smallest absolute Gasteiger partial charge is 0.326 e. The Bertz CT molecular complexity index is 744. The molecule has 7 nitrogen and oxygen atoms in total. The molecule has 3 rings (SSSR count). The van der Waals surface area contributed by atoms with Gasteiger partial charge in [-0.05, 0) is 37.7 Å². The number of hydrogen-bond donors (Lipinski definition) is 1.